The quantitative estimate of drug-likeness (QED) is 0.612. The number of halogens is 1. The van der Waals surface area contributed by atoms with Crippen LogP contribution in [0.25, 0.3) is 11.3 Å². The van der Waals surface area contributed by atoms with Crippen molar-refractivity contribution in [2.24, 2.45) is 5.92 Å². The molecule has 0 aliphatic carbocycles. The van der Waals surface area contributed by atoms with Gasteiger partial charge in [0.1, 0.15) is 0 Å². The van der Waals surface area contributed by atoms with Crippen LogP contribution in [-0.4, -0.2) is 56.1 Å². The Balaban J connectivity index is 1.36. The van der Waals surface area contributed by atoms with Gasteiger partial charge >= 0.3 is 5.97 Å². The Labute approximate surface area is 186 Å². The maximum atomic E-state index is 12.4. The zero-order valence-electron chi connectivity index (χ0n) is 17.1. The molecule has 0 bridgehead atoms. The van der Waals surface area contributed by atoms with Gasteiger partial charge in [0.25, 0.3) is 0 Å². The van der Waals surface area contributed by atoms with Gasteiger partial charge in [-0.25, -0.2) is 8.42 Å². The SMILES string of the molecule is CS(=O)(=O)c1cc(Cl)cnc1-c1ccc(C2CN(C(=O)CC[C@@H]3COC(=O)C3)C2)cc1. The minimum atomic E-state index is -3.47. The molecule has 0 spiro atoms. The Morgan fingerprint density at radius 2 is 1.97 bits per heavy atom. The fraction of sp³-hybridized carbons (Fsp3) is 0.409. The summed E-state index contributed by atoms with van der Waals surface area (Å²) < 4.78 is 29.1. The second-order valence-corrected chi connectivity index (χ2v) is 10.6. The van der Waals surface area contributed by atoms with E-state index in [1.54, 1.807) is 0 Å². The molecule has 2 saturated heterocycles. The lowest BCUT2D eigenvalue weighted by molar-refractivity contribution is -0.138. The van der Waals surface area contributed by atoms with Crippen LogP contribution in [0.1, 0.15) is 30.7 Å². The molecular weight excluding hydrogens is 440 g/mol. The van der Waals surface area contributed by atoms with Crippen LogP contribution in [0.5, 0.6) is 0 Å². The molecular formula is C22H23ClN2O5S. The van der Waals surface area contributed by atoms with Crippen molar-refractivity contribution in [2.45, 2.75) is 30.1 Å². The number of ether oxygens (including phenoxy) is 1. The van der Waals surface area contributed by atoms with Crippen LogP contribution in [0.3, 0.4) is 0 Å². The number of pyridine rings is 1. The molecule has 3 heterocycles. The molecule has 1 aromatic carbocycles. The lowest BCUT2D eigenvalue weighted by Gasteiger charge is -2.40. The number of cyclic esters (lactones) is 1. The number of esters is 1. The van der Waals surface area contributed by atoms with Crippen molar-refractivity contribution in [3.8, 4) is 11.3 Å². The first-order valence-corrected chi connectivity index (χ1v) is 12.4. The average Bonchev–Trinajstić information content (AvgIpc) is 3.10. The molecule has 164 valence electrons. The monoisotopic (exact) mass is 462 g/mol. The van der Waals surface area contributed by atoms with E-state index in [2.05, 4.69) is 4.98 Å². The maximum Gasteiger partial charge on any atom is 0.306 e. The summed E-state index contributed by atoms with van der Waals surface area (Å²) in [6.45, 7) is 1.74. The molecule has 9 heteroatoms. The zero-order chi connectivity index (χ0) is 22.2. The van der Waals surface area contributed by atoms with Gasteiger partial charge in [-0.05, 0) is 18.1 Å². The lowest BCUT2D eigenvalue weighted by Crippen LogP contribution is -2.48. The number of hydrogen-bond donors (Lipinski definition) is 0. The molecule has 1 atom stereocenters. The highest BCUT2D eigenvalue weighted by Gasteiger charge is 2.32. The largest absolute Gasteiger partial charge is 0.465 e. The Hall–Kier alpha value is -2.45. The third-order valence-electron chi connectivity index (χ3n) is 5.81. The number of benzene rings is 1. The molecule has 0 N–H and O–H groups in total. The van der Waals surface area contributed by atoms with Gasteiger partial charge in [-0.3, -0.25) is 14.6 Å². The first-order valence-electron chi connectivity index (χ1n) is 10.1. The predicted molar refractivity (Wildman–Crippen MR) is 115 cm³/mol. The van der Waals surface area contributed by atoms with Crippen LogP contribution in [0, 0.1) is 5.92 Å². The molecule has 2 aromatic rings. The molecule has 2 fully saturated rings. The van der Waals surface area contributed by atoms with Gasteiger partial charge in [0, 0.05) is 49.4 Å². The van der Waals surface area contributed by atoms with Crippen LogP contribution in [0.2, 0.25) is 5.02 Å². The van der Waals surface area contributed by atoms with E-state index in [-0.39, 0.29) is 33.6 Å². The average molecular weight is 463 g/mol. The van der Waals surface area contributed by atoms with Crippen molar-refractivity contribution in [1.82, 2.24) is 9.88 Å². The molecule has 7 nitrogen and oxygen atoms in total. The molecule has 0 unspecified atom stereocenters. The van der Waals surface area contributed by atoms with E-state index in [9.17, 15) is 18.0 Å². The van der Waals surface area contributed by atoms with Crippen molar-refractivity contribution in [3.63, 3.8) is 0 Å². The summed E-state index contributed by atoms with van der Waals surface area (Å²) in [5, 5.41) is 0.270. The highest BCUT2D eigenvalue weighted by Crippen LogP contribution is 2.32. The van der Waals surface area contributed by atoms with E-state index in [0.29, 0.717) is 50.2 Å². The van der Waals surface area contributed by atoms with E-state index in [4.69, 9.17) is 16.3 Å². The molecule has 31 heavy (non-hydrogen) atoms. The minimum Gasteiger partial charge on any atom is -0.465 e. The second kappa shape index (κ2) is 8.59. The molecule has 0 saturated carbocycles. The number of carbonyl (C=O) groups excluding carboxylic acids is 2. The molecule has 4 rings (SSSR count). The fourth-order valence-corrected chi connectivity index (χ4v) is 5.05. The Morgan fingerprint density at radius 1 is 1.26 bits per heavy atom. The lowest BCUT2D eigenvalue weighted by atomic mass is 9.90. The van der Waals surface area contributed by atoms with Crippen molar-refractivity contribution in [1.29, 1.82) is 0 Å². The fourth-order valence-electron chi connectivity index (χ4n) is 3.96. The molecule has 2 aliphatic rings. The van der Waals surface area contributed by atoms with Crippen molar-refractivity contribution in [2.75, 3.05) is 26.0 Å². The normalized spacial score (nSPS) is 19.2. The predicted octanol–water partition coefficient (Wildman–Crippen LogP) is 3.07. The van der Waals surface area contributed by atoms with Gasteiger partial charge in [-0.15, -0.1) is 0 Å². The summed E-state index contributed by atoms with van der Waals surface area (Å²) in [6.07, 6.45) is 4.09. The summed E-state index contributed by atoms with van der Waals surface area (Å²) in [4.78, 5) is 29.7. The van der Waals surface area contributed by atoms with Crippen LogP contribution in [0.4, 0.5) is 0 Å². The van der Waals surface area contributed by atoms with Crippen molar-refractivity contribution in [3.05, 3.63) is 47.1 Å². The van der Waals surface area contributed by atoms with Gasteiger partial charge < -0.3 is 9.64 Å². The molecule has 2 aliphatic heterocycles. The number of rotatable bonds is 6. The number of nitrogens with zero attached hydrogens (tertiary/aromatic N) is 2. The van der Waals surface area contributed by atoms with E-state index in [1.165, 1.54) is 12.3 Å². The topological polar surface area (TPSA) is 93.6 Å². The Morgan fingerprint density at radius 3 is 2.58 bits per heavy atom. The Bertz CT molecular complexity index is 1110. The van der Waals surface area contributed by atoms with Crippen molar-refractivity contribution >= 4 is 33.3 Å². The first kappa shape index (κ1) is 21.8. The highest BCUT2D eigenvalue weighted by atomic mass is 35.5. The smallest absolute Gasteiger partial charge is 0.306 e. The van der Waals surface area contributed by atoms with Gasteiger partial charge in [-0.2, -0.15) is 0 Å². The number of likely N-dealkylation sites (tertiary alicyclic amines) is 1. The summed E-state index contributed by atoms with van der Waals surface area (Å²) in [5.41, 5.74) is 2.16. The molecule has 1 amide bonds. The summed E-state index contributed by atoms with van der Waals surface area (Å²) in [5.74, 6) is 0.332. The summed E-state index contributed by atoms with van der Waals surface area (Å²) >= 11 is 5.93. The minimum absolute atomic E-state index is 0.0996. The van der Waals surface area contributed by atoms with Crippen LogP contribution >= 0.6 is 11.6 Å². The van der Waals surface area contributed by atoms with Crippen LogP contribution < -0.4 is 0 Å². The van der Waals surface area contributed by atoms with Crippen molar-refractivity contribution < 1.29 is 22.7 Å². The van der Waals surface area contributed by atoms with E-state index in [1.807, 2.05) is 29.2 Å². The summed E-state index contributed by atoms with van der Waals surface area (Å²) in [6, 6.07) is 9.01. The van der Waals surface area contributed by atoms with Gasteiger partial charge in [0.05, 0.1) is 28.6 Å². The standard InChI is InChI=1S/C22H23ClN2O5S/c1-31(28,29)19-9-18(23)10-24-22(19)16-5-3-15(4-6-16)17-11-25(12-17)20(26)7-2-14-8-21(27)30-13-14/h3-6,9-10,14,17H,2,7-8,11-13H2,1H3/t14-/m0/s1. The van der Waals surface area contributed by atoms with Gasteiger partial charge in [-0.1, -0.05) is 35.9 Å². The number of carbonyl (C=O) groups is 2. The van der Waals surface area contributed by atoms with E-state index < -0.39 is 9.84 Å². The number of sulfone groups is 1. The van der Waals surface area contributed by atoms with Gasteiger partial charge in [0.2, 0.25) is 5.91 Å². The highest BCUT2D eigenvalue weighted by molar-refractivity contribution is 7.90. The maximum absolute atomic E-state index is 12.4. The Kier molecular flexibility index (Phi) is 6.03. The first-order chi connectivity index (χ1) is 14.7. The van der Waals surface area contributed by atoms with E-state index in [0.717, 1.165) is 11.8 Å². The molecule has 0 radical (unpaired) electrons. The number of hydrogen-bond acceptors (Lipinski definition) is 6. The summed E-state index contributed by atoms with van der Waals surface area (Å²) in [7, 11) is -3.47. The number of aromatic nitrogens is 1. The van der Waals surface area contributed by atoms with E-state index >= 15 is 0 Å². The third kappa shape index (κ3) is 4.91. The van der Waals surface area contributed by atoms with Crippen LogP contribution in [0.15, 0.2) is 41.4 Å². The number of amides is 1. The second-order valence-electron chi connectivity index (χ2n) is 8.18. The third-order valence-corrected chi connectivity index (χ3v) is 7.13. The molecule has 1 aromatic heterocycles. The van der Waals surface area contributed by atoms with Gasteiger partial charge in [0.15, 0.2) is 9.84 Å². The zero-order valence-corrected chi connectivity index (χ0v) is 18.7. The van der Waals surface area contributed by atoms with Crippen LogP contribution in [-0.2, 0) is 24.2 Å².